The van der Waals surface area contributed by atoms with E-state index in [0.717, 1.165) is 61.7 Å². The van der Waals surface area contributed by atoms with Crippen LogP contribution in [0.2, 0.25) is 0 Å². The van der Waals surface area contributed by atoms with Gasteiger partial charge in [-0.1, -0.05) is 54.6 Å². The molecule has 0 saturated heterocycles. The number of aromatic nitrogens is 2. The first-order valence-electron chi connectivity index (χ1n) is 12.9. The normalized spacial score (nSPS) is 11.1. The molecule has 0 aliphatic rings. The fourth-order valence-electron chi connectivity index (χ4n) is 4.99. The minimum absolute atomic E-state index is 0.0401. The molecule has 2 heterocycles. The fourth-order valence-corrected chi connectivity index (χ4v) is 4.99. The first-order chi connectivity index (χ1) is 18.3. The summed E-state index contributed by atoms with van der Waals surface area (Å²) >= 11 is 0. The van der Waals surface area contributed by atoms with Crippen molar-refractivity contribution in [2.45, 2.75) is 33.8 Å². The molecule has 2 aromatic heterocycles. The quantitative estimate of drug-likeness (QED) is 0.241. The maximum absolute atomic E-state index is 13.4. The van der Waals surface area contributed by atoms with Crippen LogP contribution in [0.1, 0.15) is 28.1 Å². The van der Waals surface area contributed by atoms with Gasteiger partial charge in [0.25, 0.3) is 0 Å². The highest BCUT2D eigenvalue weighted by atomic mass is 16.5. The van der Waals surface area contributed by atoms with E-state index in [1.165, 1.54) is 0 Å². The van der Waals surface area contributed by atoms with Gasteiger partial charge in [0.15, 0.2) is 0 Å². The number of carbonyl (C=O) groups is 1. The van der Waals surface area contributed by atoms with E-state index in [1.54, 1.807) is 4.90 Å². The van der Waals surface area contributed by atoms with Gasteiger partial charge in [-0.15, -0.1) is 0 Å². The number of ether oxygens (including phenoxy) is 1. The number of para-hydroxylation sites is 1. The zero-order chi connectivity index (χ0) is 26.8. The Morgan fingerprint density at radius 3 is 2.47 bits per heavy atom. The Kier molecular flexibility index (Phi) is 7.01. The number of benzene rings is 3. The third-order valence-electron chi connectivity index (χ3n) is 7.36. The smallest absolute Gasteiger partial charge is 0.232 e. The largest absolute Gasteiger partial charge is 0.487 e. The summed E-state index contributed by atoms with van der Waals surface area (Å²) in [6.07, 6.45) is 0.319. The van der Waals surface area contributed by atoms with Crippen LogP contribution < -0.4 is 9.64 Å². The fraction of sp³-hybridized carbons (Fsp3) is 0.212. The number of fused-ring (bicyclic) bond motifs is 1. The lowest BCUT2D eigenvalue weighted by Gasteiger charge is -2.23. The van der Waals surface area contributed by atoms with Crippen LogP contribution in [0.4, 0.5) is 5.69 Å². The zero-order valence-corrected chi connectivity index (χ0v) is 22.7. The molecule has 0 radical (unpaired) electrons. The molecule has 3 aromatic carbocycles. The maximum atomic E-state index is 13.4. The molecule has 0 fully saturated rings. The second-order valence-electron chi connectivity index (χ2n) is 9.84. The molecule has 5 rings (SSSR count). The van der Waals surface area contributed by atoms with Crippen LogP contribution in [0.5, 0.6) is 5.75 Å². The first kappa shape index (κ1) is 25.3. The molecule has 0 aliphatic heterocycles. The summed E-state index contributed by atoms with van der Waals surface area (Å²) in [4.78, 5) is 19.8. The standard InChI is InChI=1S/C33H33N3O2/c1-22-14-18-29(24(3)28(22)21-38-31-13-9-12-26-16-15-23(2)34-33(26)31)36(5)32(37)20-27-17-19-30(35(27)4)25-10-7-6-8-11-25/h6-19H,20-21H2,1-5H3. The molecule has 0 unspecified atom stereocenters. The van der Waals surface area contributed by atoms with Gasteiger partial charge in [0, 0.05) is 42.3 Å². The van der Waals surface area contributed by atoms with Gasteiger partial charge in [0.1, 0.15) is 17.9 Å². The second-order valence-corrected chi connectivity index (χ2v) is 9.84. The van der Waals surface area contributed by atoms with Gasteiger partial charge in [0.2, 0.25) is 5.91 Å². The Bertz CT molecular complexity index is 1620. The molecular formula is C33H33N3O2. The molecule has 0 bridgehead atoms. The predicted molar refractivity (Wildman–Crippen MR) is 155 cm³/mol. The first-order valence-corrected chi connectivity index (χ1v) is 12.9. The summed E-state index contributed by atoms with van der Waals surface area (Å²) in [5, 5.41) is 1.05. The summed E-state index contributed by atoms with van der Waals surface area (Å²) in [6, 6.07) is 28.5. The molecule has 5 aromatic rings. The van der Waals surface area contributed by atoms with Crippen molar-refractivity contribution in [2.24, 2.45) is 7.05 Å². The third-order valence-corrected chi connectivity index (χ3v) is 7.36. The van der Waals surface area contributed by atoms with Crippen LogP contribution >= 0.6 is 0 Å². The Balaban J connectivity index is 1.35. The predicted octanol–water partition coefficient (Wildman–Crippen LogP) is 6.95. The maximum Gasteiger partial charge on any atom is 0.232 e. The summed E-state index contributed by atoms with van der Waals surface area (Å²) in [6.45, 7) is 6.53. The van der Waals surface area contributed by atoms with Gasteiger partial charge in [0.05, 0.1) is 6.42 Å². The number of likely N-dealkylation sites (N-methyl/N-ethyl adjacent to an activating group) is 1. The van der Waals surface area contributed by atoms with Crippen molar-refractivity contribution in [3.63, 3.8) is 0 Å². The minimum atomic E-state index is 0.0401. The number of hydrogen-bond donors (Lipinski definition) is 0. The SMILES string of the molecule is Cc1ccc2cccc(OCc3c(C)ccc(N(C)C(=O)Cc4ccc(-c5ccccc5)n4C)c3C)c2n1. The lowest BCUT2D eigenvalue weighted by molar-refractivity contribution is -0.117. The van der Waals surface area contributed by atoms with Gasteiger partial charge >= 0.3 is 0 Å². The van der Waals surface area contributed by atoms with E-state index in [2.05, 4.69) is 53.7 Å². The van der Waals surface area contributed by atoms with Crippen molar-refractivity contribution in [3.05, 3.63) is 113 Å². The summed E-state index contributed by atoms with van der Waals surface area (Å²) < 4.78 is 8.40. The number of anilines is 1. The van der Waals surface area contributed by atoms with Crippen LogP contribution in [0, 0.1) is 20.8 Å². The highest BCUT2D eigenvalue weighted by Crippen LogP contribution is 2.30. The van der Waals surface area contributed by atoms with E-state index < -0.39 is 0 Å². The van der Waals surface area contributed by atoms with Gasteiger partial charge in [-0.3, -0.25) is 4.79 Å². The van der Waals surface area contributed by atoms with E-state index in [4.69, 9.17) is 4.74 Å². The van der Waals surface area contributed by atoms with E-state index in [-0.39, 0.29) is 5.91 Å². The van der Waals surface area contributed by atoms with Crippen molar-refractivity contribution in [1.82, 2.24) is 9.55 Å². The lowest BCUT2D eigenvalue weighted by Crippen LogP contribution is -2.29. The average Bonchev–Trinajstić information content (AvgIpc) is 3.28. The third kappa shape index (κ3) is 4.92. The van der Waals surface area contributed by atoms with Crippen molar-refractivity contribution < 1.29 is 9.53 Å². The summed E-state index contributed by atoms with van der Waals surface area (Å²) in [5.41, 5.74) is 9.18. The molecule has 192 valence electrons. The molecule has 0 aliphatic carbocycles. The van der Waals surface area contributed by atoms with Crippen LogP contribution in [-0.2, 0) is 24.9 Å². The second kappa shape index (κ2) is 10.5. The molecule has 0 N–H and O–H groups in total. The van der Waals surface area contributed by atoms with Gasteiger partial charge in [-0.05, 0) is 73.4 Å². The van der Waals surface area contributed by atoms with Crippen LogP contribution in [0.3, 0.4) is 0 Å². The van der Waals surface area contributed by atoms with Gasteiger partial charge in [-0.25, -0.2) is 4.98 Å². The lowest BCUT2D eigenvalue weighted by atomic mass is 10.0. The van der Waals surface area contributed by atoms with E-state index in [0.29, 0.717) is 13.0 Å². The number of aryl methyl sites for hydroxylation is 2. The molecule has 0 spiro atoms. The van der Waals surface area contributed by atoms with E-state index in [1.807, 2.05) is 75.6 Å². The Morgan fingerprint density at radius 1 is 0.895 bits per heavy atom. The molecular weight excluding hydrogens is 470 g/mol. The molecule has 38 heavy (non-hydrogen) atoms. The Hall–Kier alpha value is -4.38. The number of nitrogens with zero attached hydrogens (tertiary/aromatic N) is 3. The number of amides is 1. The van der Waals surface area contributed by atoms with Crippen LogP contribution in [0.25, 0.3) is 22.2 Å². The van der Waals surface area contributed by atoms with Crippen LogP contribution in [-0.4, -0.2) is 22.5 Å². The topological polar surface area (TPSA) is 47.4 Å². The van der Waals surface area contributed by atoms with Gasteiger partial charge < -0.3 is 14.2 Å². The Morgan fingerprint density at radius 2 is 1.68 bits per heavy atom. The minimum Gasteiger partial charge on any atom is -0.487 e. The number of carbonyl (C=O) groups excluding carboxylic acids is 1. The molecule has 1 amide bonds. The summed E-state index contributed by atoms with van der Waals surface area (Å²) in [7, 11) is 3.87. The summed E-state index contributed by atoms with van der Waals surface area (Å²) in [5.74, 6) is 0.802. The number of hydrogen-bond acceptors (Lipinski definition) is 3. The van der Waals surface area contributed by atoms with Crippen molar-refractivity contribution in [3.8, 4) is 17.0 Å². The molecule has 5 nitrogen and oxygen atoms in total. The monoisotopic (exact) mass is 503 g/mol. The Labute approximate surface area is 224 Å². The van der Waals surface area contributed by atoms with E-state index >= 15 is 0 Å². The average molecular weight is 504 g/mol. The highest BCUT2D eigenvalue weighted by molar-refractivity contribution is 5.95. The van der Waals surface area contributed by atoms with Gasteiger partial charge in [-0.2, -0.15) is 0 Å². The number of pyridine rings is 1. The zero-order valence-electron chi connectivity index (χ0n) is 22.7. The molecule has 0 atom stereocenters. The molecule has 0 saturated carbocycles. The van der Waals surface area contributed by atoms with Crippen molar-refractivity contribution in [2.75, 3.05) is 11.9 Å². The van der Waals surface area contributed by atoms with Crippen LogP contribution in [0.15, 0.2) is 84.9 Å². The number of rotatable bonds is 7. The van der Waals surface area contributed by atoms with E-state index in [9.17, 15) is 4.79 Å². The molecule has 5 heteroatoms. The van der Waals surface area contributed by atoms with Crippen molar-refractivity contribution >= 4 is 22.5 Å². The highest BCUT2D eigenvalue weighted by Gasteiger charge is 2.19. The van der Waals surface area contributed by atoms with Crippen molar-refractivity contribution in [1.29, 1.82) is 0 Å².